The van der Waals surface area contributed by atoms with E-state index in [2.05, 4.69) is 21.3 Å². The van der Waals surface area contributed by atoms with Crippen molar-refractivity contribution in [2.75, 3.05) is 13.1 Å². The fourth-order valence-corrected chi connectivity index (χ4v) is 4.64. The summed E-state index contributed by atoms with van der Waals surface area (Å²) >= 11 is 0. The van der Waals surface area contributed by atoms with Gasteiger partial charge in [-0.05, 0) is 44.9 Å². The minimum Gasteiger partial charge on any atom is -0.481 e. The first kappa shape index (κ1) is 38.7. The topological polar surface area (TPSA) is 295 Å². The van der Waals surface area contributed by atoms with Gasteiger partial charge in [-0.3, -0.25) is 33.6 Å². The quantitative estimate of drug-likeness (QED) is 0.0683. The van der Waals surface area contributed by atoms with E-state index in [-0.39, 0.29) is 18.9 Å². The van der Waals surface area contributed by atoms with Gasteiger partial charge in [0, 0.05) is 19.4 Å². The third-order valence-corrected chi connectivity index (χ3v) is 6.93. The van der Waals surface area contributed by atoms with E-state index >= 15 is 0 Å². The highest BCUT2D eigenvalue weighted by atomic mass is 16.4. The Kier molecular flexibility index (Phi) is 15.9. The molecule has 0 spiro atoms. The zero-order valence-corrected chi connectivity index (χ0v) is 25.5. The smallest absolute Gasteiger partial charge is 0.326 e. The van der Waals surface area contributed by atoms with Crippen molar-refractivity contribution in [1.29, 1.82) is 0 Å². The largest absolute Gasteiger partial charge is 0.481 e. The number of nitrogens with two attached hydrogens (primary N) is 1. The van der Waals surface area contributed by atoms with Crippen molar-refractivity contribution in [3.05, 3.63) is 0 Å². The molecule has 0 radical (unpaired) electrons. The van der Waals surface area contributed by atoms with Crippen molar-refractivity contribution in [2.24, 2.45) is 11.7 Å². The Balaban J connectivity index is 2.94. The SMILES string of the molecule is CC(C)CC(N)C(=O)N1CCCC1C(=O)NC(CCC(=O)O)C(=O)NC(C(=O)NCC(=O)NC(CCC(=O)O)C(=O)O)C(C)O. The third-order valence-electron chi connectivity index (χ3n) is 6.93. The number of aliphatic carboxylic acids is 3. The van der Waals surface area contributed by atoms with Crippen LogP contribution in [0.1, 0.15) is 65.7 Å². The normalized spacial score (nSPS) is 17.7. The molecule has 18 heteroatoms. The second kappa shape index (κ2) is 18.5. The molecule has 1 fully saturated rings. The maximum absolute atomic E-state index is 13.2. The van der Waals surface area contributed by atoms with Gasteiger partial charge in [0.15, 0.2) is 0 Å². The molecule has 10 N–H and O–H groups in total. The summed E-state index contributed by atoms with van der Waals surface area (Å²) in [6, 6.07) is -6.52. The Bertz CT molecular complexity index is 1110. The Morgan fingerprint density at radius 3 is 1.93 bits per heavy atom. The molecule has 1 heterocycles. The number of carbonyl (C=O) groups is 8. The number of rotatable bonds is 19. The van der Waals surface area contributed by atoms with E-state index in [1.807, 2.05) is 13.8 Å². The number of amides is 5. The number of nitrogens with zero attached hydrogens (tertiary/aromatic N) is 1. The van der Waals surface area contributed by atoms with Gasteiger partial charge in [-0.25, -0.2) is 4.79 Å². The van der Waals surface area contributed by atoms with Crippen LogP contribution in [0.4, 0.5) is 0 Å². The van der Waals surface area contributed by atoms with E-state index in [4.69, 9.17) is 21.1 Å². The van der Waals surface area contributed by atoms with Crippen LogP contribution in [0.25, 0.3) is 0 Å². The van der Waals surface area contributed by atoms with Crippen LogP contribution in [-0.4, -0.2) is 122 Å². The molecule has 0 aliphatic carbocycles. The van der Waals surface area contributed by atoms with Gasteiger partial charge in [-0.1, -0.05) is 13.8 Å². The number of likely N-dealkylation sites (tertiary alicyclic amines) is 1. The van der Waals surface area contributed by atoms with Gasteiger partial charge in [0.25, 0.3) is 0 Å². The van der Waals surface area contributed by atoms with E-state index < -0.39 is 116 Å². The number of aliphatic hydroxyl groups is 1. The minimum atomic E-state index is -1.68. The van der Waals surface area contributed by atoms with Crippen molar-refractivity contribution in [3.63, 3.8) is 0 Å². The van der Waals surface area contributed by atoms with Crippen LogP contribution in [0.15, 0.2) is 0 Å². The van der Waals surface area contributed by atoms with Crippen molar-refractivity contribution in [3.8, 4) is 0 Å². The van der Waals surface area contributed by atoms with Gasteiger partial charge in [0.1, 0.15) is 24.2 Å². The molecule has 0 bridgehead atoms. The summed E-state index contributed by atoms with van der Waals surface area (Å²) in [7, 11) is 0. The fourth-order valence-electron chi connectivity index (χ4n) is 4.64. The third kappa shape index (κ3) is 13.5. The highest BCUT2D eigenvalue weighted by Crippen LogP contribution is 2.20. The molecule has 1 saturated heterocycles. The van der Waals surface area contributed by atoms with E-state index in [0.717, 1.165) is 6.92 Å². The van der Waals surface area contributed by atoms with E-state index in [9.17, 15) is 43.5 Å². The predicted octanol–water partition coefficient (Wildman–Crippen LogP) is -2.88. The molecule has 18 nitrogen and oxygen atoms in total. The molecule has 1 rings (SSSR count). The van der Waals surface area contributed by atoms with Crippen molar-refractivity contribution in [2.45, 2.75) is 102 Å². The number of nitrogens with one attached hydrogen (secondary N) is 4. The van der Waals surface area contributed by atoms with Gasteiger partial charge in [-0.15, -0.1) is 0 Å². The number of carbonyl (C=O) groups excluding carboxylic acids is 5. The van der Waals surface area contributed by atoms with Crippen LogP contribution in [-0.2, 0) is 38.4 Å². The second-order valence-corrected chi connectivity index (χ2v) is 11.3. The van der Waals surface area contributed by atoms with Crippen LogP contribution in [0.5, 0.6) is 0 Å². The number of hydrogen-bond acceptors (Lipinski definition) is 10. The van der Waals surface area contributed by atoms with Crippen LogP contribution >= 0.6 is 0 Å². The first-order valence-corrected chi connectivity index (χ1v) is 14.5. The van der Waals surface area contributed by atoms with Crippen LogP contribution in [0.2, 0.25) is 0 Å². The van der Waals surface area contributed by atoms with Gasteiger partial charge in [-0.2, -0.15) is 0 Å². The molecular weight excluding hydrogens is 600 g/mol. The monoisotopic (exact) mass is 644 g/mol. The minimum absolute atomic E-state index is 0.127. The second-order valence-electron chi connectivity index (χ2n) is 11.3. The molecule has 1 aliphatic rings. The lowest BCUT2D eigenvalue weighted by Crippen LogP contribution is -2.59. The number of carboxylic acid groups (broad SMARTS) is 3. The summed E-state index contributed by atoms with van der Waals surface area (Å²) in [6.07, 6.45) is -2.29. The van der Waals surface area contributed by atoms with Crippen LogP contribution in [0, 0.1) is 5.92 Å². The van der Waals surface area contributed by atoms with Gasteiger partial charge in [0.05, 0.1) is 18.7 Å². The number of hydrogen-bond donors (Lipinski definition) is 9. The lowest BCUT2D eigenvalue weighted by Gasteiger charge is -2.29. The van der Waals surface area contributed by atoms with Crippen molar-refractivity contribution < 1.29 is 58.8 Å². The molecule has 0 aromatic rings. The summed E-state index contributed by atoms with van der Waals surface area (Å²) in [4.78, 5) is 98.7. The first-order chi connectivity index (χ1) is 20.9. The summed E-state index contributed by atoms with van der Waals surface area (Å²) in [5.41, 5.74) is 6.02. The Morgan fingerprint density at radius 2 is 1.42 bits per heavy atom. The molecule has 5 amide bonds. The van der Waals surface area contributed by atoms with E-state index in [0.29, 0.717) is 12.8 Å². The van der Waals surface area contributed by atoms with Crippen molar-refractivity contribution >= 4 is 47.4 Å². The number of carboxylic acids is 3. The average molecular weight is 645 g/mol. The zero-order chi connectivity index (χ0) is 34.4. The maximum atomic E-state index is 13.2. The lowest BCUT2D eigenvalue weighted by atomic mass is 10.0. The highest BCUT2D eigenvalue weighted by molar-refractivity contribution is 5.96. The summed E-state index contributed by atoms with van der Waals surface area (Å²) in [5.74, 6) is -8.18. The molecule has 0 aromatic heterocycles. The fraction of sp³-hybridized carbons (Fsp3) is 0.704. The zero-order valence-electron chi connectivity index (χ0n) is 25.5. The molecule has 6 atom stereocenters. The lowest BCUT2D eigenvalue weighted by molar-refractivity contribution is -0.143. The van der Waals surface area contributed by atoms with E-state index in [1.165, 1.54) is 4.90 Å². The molecular formula is C27H44N6O12. The van der Waals surface area contributed by atoms with Crippen LogP contribution in [0.3, 0.4) is 0 Å². The van der Waals surface area contributed by atoms with Gasteiger partial charge < -0.3 is 52.3 Å². The van der Waals surface area contributed by atoms with Crippen molar-refractivity contribution in [1.82, 2.24) is 26.2 Å². The molecule has 254 valence electrons. The maximum Gasteiger partial charge on any atom is 0.326 e. The molecule has 6 unspecified atom stereocenters. The van der Waals surface area contributed by atoms with Gasteiger partial charge >= 0.3 is 17.9 Å². The summed E-state index contributed by atoms with van der Waals surface area (Å²) in [6.45, 7) is 4.40. The summed E-state index contributed by atoms with van der Waals surface area (Å²) in [5, 5.41) is 46.0. The predicted molar refractivity (Wildman–Crippen MR) is 154 cm³/mol. The Labute approximate surface area is 259 Å². The summed E-state index contributed by atoms with van der Waals surface area (Å²) < 4.78 is 0. The highest BCUT2D eigenvalue weighted by Gasteiger charge is 2.38. The van der Waals surface area contributed by atoms with Gasteiger partial charge in [0.2, 0.25) is 29.5 Å². The van der Waals surface area contributed by atoms with E-state index in [1.54, 1.807) is 0 Å². The number of aliphatic hydroxyl groups excluding tert-OH is 1. The molecule has 1 aliphatic heterocycles. The molecule has 0 aromatic carbocycles. The van der Waals surface area contributed by atoms with Crippen LogP contribution < -0.4 is 27.0 Å². The Hall–Kier alpha value is -4.32. The first-order valence-electron chi connectivity index (χ1n) is 14.5. The average Bonchev–Trinajstić information content (AvgIpc) is 3.43. The molecule has 45 heavy (non-hydrogen) atoms. The Morgan fingerprint density at radius 1 is 0.844 bits per heavy atom. The molecule has 0 saturated carbocycles. The standard InChI is InChI=1S/C27H44N6O12/c1-13(2)11-15(28)26(43)33-10-4-5-18(33)24(41)31-16(6-8-20(36)37)23(40)32-22(14(3)34)25(42)29-12-19(35)30-17(27(44)45)7-9-21(38)39/h13-18,22,34H,4-12,28H2,1-3H3,(H,29,42)(H,30,35)(H,31,41)(H,32,40)(H,36,37)(H,38,39)(H,44,45).